The second-order valence-electron chi connectivity index (χ2n) is 4.42. The average Bonchev–Trinajstić information content (AvgIpc) is 2.88. The first-order chi connectivity index (χ1) is 9.46. The standard InChI is InChI=1S/C13H14F3N3O/c14-13(15,16)8-4-7-12(20)11-9-17-19(18-11)10-5-2-1-3-6-10/h1-3,5-6,9,12,20H,4,7-8H2. The summed E-state index contributed by atoms with van der Waals surface area (Å²) < 4.78 is 36.1. The van der Waals surface area contributed by atoms with Gasteiger partial charge in [-0.05, 0) is 25.0 Å². The van der Waals surface area contributed by atoms with Gasteiger partial charge in [0.1, 0.15) is 5.69 Å². The fourth-order valence-electron chi connectivity index (χ4n) is 1.76. The molecule has 0 fully saturated rings. The van der Waals surface area contributed by atoms with Crippen molar-refractivity contribution < 1.29 is 18.3 Å². The third-order valence-electron chi connectivity index (χ3n) is 2.78. The van der Waals surface area contributed by atoms with Crippen LogP contribution in [-0.2, 0) is 0 Å². The summed E-state index contributed by atoms with van der Waals surface area (Å²) in [5.41, 5.74) is 0.997. The van der Waals surface area contributed by atoms with Crippen molar-refractivity contribution in [2.24, 2.45) is 0 Å². The molecule has 1 heterocycles. The van der Waals surface area contributed by atoms with Crippen LogP contribution in [0.1, 0.15) is 31.1 Å². The lowest BCUT2D eigenvalue weighted by Gasteiger charge is -2.08. The maximum atomic E-state index is 12.0. The summed E-state index contributed by atoms with van der Waals surface area (Å²) in [5.74, 6) is 0. The van der Waals surface area contributed by atoms with E-state index in [0.717, 1.165) is 5.69 Å². The first-order valence-corrected chi connectivity index (χ1v) is 6.18. The van der Waals surface area contributed by atoms with E-state index in [0.29, 0.717) is 0 Å². The van der Waals surface area contributed by atoms with Gasteiger partial charge in [-0.2, -0.15) is 28.2 Å². The molecule has 1 atom stereocenters. The summed E-state index contributed by atoms with van der Waals surface area (Å²) in [6.45, 7) is 0. The van der Waals surface area contributed by atoms with Crippen LogP contribution in [0.2, 0.25) is 0 Å². The van der Waals surface area contributed by atoms with Gasteiger partial charge in [-0.1, -0.05) is 18.2 Å². The molecule has 1 N–H and O–H groups in total. The Morgan fingerprint density at radius 1 is 1.20 bits per heavy atom. The van der Waals surface area contributed by atoms with Crippen molar-refractivity contribution in [3.8, 4) is 5.69 Å². The molecule has 0 saturated heterocycles. The Kier molecular flexibility index (Phi) is 4.39. The summed E-state index contributed by atoms with van der Waals surface area (Å²) in [5, 5.41) is 17.9. The summed E-state index contributed by atoms with van der Waals surface area (Å²) in [6, 6.07) is 9.07. The largest absolute Gasteiger partial charge is 0.389 e. The van der Waals surface area contributed by atoms with E-state index in [1.807, 2.05) is 18.2 Å². The molecule has 0 bridgehead atoms. The summed E-state index contributed by atoms with van der Waals surface area (Å²) >= 11 is 0. The number of benzene rings is 1. The molecule has 1 aromatic heterocycles. The minimum Gasteiger partial charge on any atom is -0.387 e. The van der Waals surface area contributed by atoms with Crippen molar-refractivity contribution in [1.29, 1.82) is 0 Å². The maximum absolute atomic E-state index is 12.0. The fraction of sp³-hybridized carbons (Fsp3) is 0.385. The second kappa shape index (κ2) is 6.04. The zero-order valence-electron chi connectivity index (χ0n) is 10.6. The van der Waals surface area contributed by atoms with Gasteiger partial charge in [0, 0.05) is 6.42 Å². The van der Waals surface area contributed by atoms with Crippen LogP contribution in [0.25, 0.3) is 5.69 Å². The number of nitrogens with zero attached hydrogens (tertiary/aromatic N) is 3. The molecule has 0 amide bonds. The van der Waals surface area contributed by atoms with Crippen LogP contribution in [0.3, 0.4) is 0 Å². The monoisotopic (exact) mass is 285 g/mol. The molecular weight excluding hydrogens is 271 g/mol. The van der Waals surface area contributed by atoms with Crippen molar-refractivity contribution in [3.05, 3.63) is 42.2 Å². The highest BCUT2D eigenvalue weighted by molar-refractivity contribution is 5.28. The van der Waals surface area contributed by atoms with E-state index in [-0.39, 0.29) is 18.5 Å². The Hall–Kier alpha value is -1.89. The smallest absolute Gasteiger partial charge is 0.387 e. The van der Waals surface area contributed by atoms with Crippen LogP contribution in [0, 0.1) is 0 Å². The topological polar surface area (TPSA) is 50.9 Å². The third-order valence-corrected chi connectivity index (χ3v) is 2.78. The second-order valence-corrected chi connectivity index (χ2v) is 4.42. The van der Waals surface area contributed by atoms with Gasteiger partial charge in [-0.25, -0.2) is 0 Å². The Balaban J connectivity index is 1.95. The predicted octanol–water partition coefficient (Wildman–Crippen LogP) is 3.03. The summed E-state index contributed by atoms with van der Waals surface area (Å²) in [4.78, 5) is 1.34. The minimum atomic E-state index is -4.19. The normalized spacial score (nSPS) is 13.4. The molecule has 0 aliphatic heterocycles. The molecule has 0 aliphatic rings. The molecule has 0 spiro atoms. The van der Waals surface area contributed by atoms with E-state index in [4.69, 9.17) is 0 Å². The molecule has 7 heteroatoms. The number of hydrogen-bond acceptors (Lipinski definition) is 3. The Bertz CT molecular complexity index is 539. The van der Waals surface area contributed by atoms with Crippen LogP contribution in [-0.4, -0.2) is 26.3 Å². The number of aliphatic hydroxyl groups is 1. The van der Waals surface area contributed by atoms with E-state index >= 15 is 0 Å². The lowest BCUT2D eigenvalue weighted by molar-refractivity contribution is -0.136. The van der Waals surface area contributed by atoms with Crippen molar-refractivity contribution in [2.75, 3.05) is 0 Å². The van der Waals surface area contributed by atoms with Gasteiger partial charge in [-0.3, -0.25) is 0 Å². The zero-order chi connectivity index (χ0) is 14.6. The molecule has 1 unspecified atom stereocenters. The van der Waals surface area contributed by atoms with E-state index in [2.05, 4.69) is 10.2 Å². The Morgan fingerprint density at radius 3 is 2.55 bits per heavy atom. The molecule has 108 valence electrons. The summed E-state index contributed by atoms with van der Waals surface area (Å²) in [6.07, 6.45) is -4.89. The minimum absolute atomic E-state index is 0.00694. The van der Waals surface area contributed by atoms with E-state index < -0.39 is 18.7 Å². The van der Waals surface area contributed by atoms with E-state index in [9.17, 15) is 18.3 Å². The van der Waals surface area contributed by atoms with Crippen LogP contribution < -0.4 is 0 Å². The number of aromatic nitrogens is 3. The van der Waals surface area contributed by atoms with Crippen LogP contribution in [0.5, 0.6) is 0 Å². The highest BCUT2D eigenvalue weighted by atomic mass is 19.4. The quantitative estimate of drug-likeness (QED) is 0.918. The fourth-order valence-corrected chi connectivity index (χ4v) is 1.76. The van der Waals surface area contributed by atoms with Gasteiger partial charge < -0.3 is 5.11 Å². The number of hydrogen-bond donors (Lipinski definition) is 1. The van der Waals surface area contributed by atoms with Gasteiger partial charge in [0.05, 0.1) is 18.0 Å². The molecule has 4 nitrogen and oxygen atoms in total. The van der Waals surface area contributed by atoms with Crippen molar-refractivity contribution in [2.45, 2.75) is 31.5 Å². The molecule has 1 aromatic carbocycles. The third kappa shape index (κ3) is 4.06. The maximum Gasteiger partial charge on any atom is 0.389 e. The average molecular weight is 285 g/mol. The lowest BCUT2D eigenvalue weighted by Crippen LogP contribution is -2.08. The van der Waals surface area contributed by atoms with Gasteiger partial charge >= 0.3 is 6.18 Å². The van der Waals surface area contributed by atoms with Gasteiger partial charge in [0.25, 0.3) is 0 Å². The first kappa shape index (κ1) is 14.5. The number of para-hydroxylation sites is 1. The highest BCUT2D eigenvalue weighted by Gasteiger charge is 2.27. The van der Waals surface area contributed by atoms with Crippen molar-refractivity contribution >= 4 is 0 Å². The Labute approximate surface area is 113 Å². The van der Waals surface area contributed by atoms with E-state index in [1.54, 1.807) is 12.1 Å². The highest BCUT2D eigenvalue weighted by Crippen LogP contribution is 2.25. The van der Waals surface area contributed by atoms with Crippen molar-refractivity contribution in [3.63, 3.8) is 0 Å². The molecular formula is C13H14F3N3O. The van der Waals surface area contributed by atoms with Gasteiger partial charge in [0.15, 0.2) is 0 Å². The Morgan fingerprint density at radius 2 is 1.90 bits per heavy atom. The van der Waals surface area contributed by atoms with Crippen LogP contribution in [0.15, 0.2) is 36.5 Å². The summed E-state index contributed by atoms with van der Waals surface area (Å²) in [7, 11) is 0. The van der Waals surface area contributed by atoms with E-state index in [1.165, 1.54) is 11.0 Å². The van der Waals surface area contributed by atoms with Crippen molar-refractivity contribution in [1.82, 2.24) is 15.0 Å². The predicted molar refractivity (Wildman–Crippen MR) is 66.2 cm³/mol. The lowest BCUT2D eigenvalue weighted by atomic mass is 10.1. The van der Waals surface area contributed by atoms with Gasteiger partial charge in [0.2, 0.25) is 0 Å². The first-order valence-electron chi connectivity index (χ1n) is 6.18. The molecule has 0 saturated carbocycles. The number of rotatable bonds is 5. The molecule has 2 rings (SSSR count). The molecule has 20 heavy (non-hydrogen) atoms. The number of aliphatic hydroxyl groups excluding tert-OH is 1. The molecule has 2 aromatic rings. The molecule has 0 radical (unpaired) electrons. The number of halogens is 3. The SMILES string of the molecule is OC(CCCC(F)(F)F)c1cnn(-c2ccccc2)n1. The van der Waals surface area contributed by atoms with Crippen LogP contribution in [0.4, 0.5) is 13.2 Å². The zero-order valence-corrected chi connectivity index (χ0v) is 10.6. The van der Waals surface area contributed by atoms with Crippen LogP contribution >= 0.6 is 0 Å². The number of alkyl halides is 3. The molecule has 0 aliphatic carbocycles. The van der Waals surface area contributed by atoms with Gasteiger partial charge in [-0.15, -0.1) is 0 Å².